The molecule has 0 bridgehead atoms. The van der Waals surface area contributed by atoms with E-state index in [1.54, 1.807) is 6.92 Å². The average Bonchev–Trinajstić information content (AvgIpc) is 3.08. The number of carbonyl (C=O) groups is 2. The molecule has 2 saturated carbocycles. The summed E-state index contributed by atoms with van der Waals surface area (Å²) in [4.78, 5) is 27.0. The fraction of sp³-hybridized carbons (Fsp3) is 0.786. The molecule has 0 radical (unpaired) electrons. The van der Waals surface area contributed by atoms with Gasteiger partial charge in [0, 0.05) is 18.6 Å². The van der Waals surface area contributed by atoms with E-state index in [-0.39, 0.29) is 36.1 Å². The Kier molecular flexibility index (Phi) is 7.49. The van der Waals surface area contributed by atoms with Gasteiger partial charge in [-0.25, -0.2) is 0 Å². The first kappa shape index (κ1) is 26.3. The molecule has 0 amide bonds. The minimum atomic E-state index is -1.83. The monoisotopic (exact) mass is 460 g/mol. The van der Waals surface area contributed by atoms with Gasteiger partial charge in [0.15, 0.2) is 11.6 Å². The fourth-order valence-corrected chi connectivity index (χ4v) is 6.85. The largest absolute Gasteiger partial charge is 0.396 e. The average molecular weight is 461 g/mol. The maximum atomic E-state index is 13.8. The van der Waals surface area contributed by atoms with Gasteiger partial charge in [0.2, 0.25) is 0 Å². The second kappa shape index (κ2) is 9.39. The third-order valence-electron chi connectivity index (χ3n) is 9.72. The van der Waals surface area contributed by atoms with Gasteiger partial charge in [0.25, 0.3) is 0 Å². The molecular formula is C28H44O5. The molecule has 0 aromatic carbocycles. The lowest BCUT2D eigenvalue weighted by atomic mass is 9.53. The predicted octanol–water partition coefficient (Wildman–Crippen LogP) is 4.25. The third kappa shape index (κ3) is 4.30. The Bertz CT molecular complexity index is 828. The lowest BCUT2D eigenvalue weighted by molar-refractivity contribution is -0.174. The molecule has 8 atom stereocenters. The highest BCUT2D eigenvalue weighted by Gasteiger charge is 2.63. The normalized spacial score (nSPS) is 41.4. The maximum Gasteiger partial charge on any atom is 0.188 e. The molecule has 0 heterocycles. The van der Waals surface area contributed by atoms with E-state index in [0.717, 1.165) is 12.8 Å². The summed E-state index contributed by atoms with van der Waals surface area (Å²) in [6.45, 7) is 12.8. The molecule has 0 aromatic heterocycles. The van der Waals surface area contributed by atoms with Crippen LogP contribution in [0.3, 0.4) is 0 Å². The molecule has 2 fully saturated rings. The van der Waals surface area contributed by atoms with Gasteiger partial charge in [-0.15, -0.1) is 0 Å². The van der Waals surface area contributed by atoms with Crippen LogP contribution < -0.4 is 0 Å². The molecule has 0 aliphatic heterocycles. The van der Waals surface area contributed by atoms with E-state index in [1.165, 1.54) is 6.08 Å². The molecule has 5 nitrogen and oxygen atoms in total. The molecule has 33 heavy (non-hydrogen) atoms. The number of allylic oxidation sites excluding steroid dienone is 3. The Balaban J connectivity index is 1.95. The summed E-state index contributed by atoms with van der Waals surface area (Å²) in [6, 6.07) is 0. The number of ketones is 2. The van der Waals surface area contributed by atoms with Crippen LogP contribution in [0.25, 0.3) is 0 Å². The van der Waals surface area contributed by atoms with Crippen molar-refractivity contribution in [3.63, 3.8) is 0 Å². The molecule has 3 aliphatic carbocycles. The number of carbonyl (C=O) groups excluding carboxylic acids is 2. The van der Waals surface area contributed by atoms with Crippen molar-refractivity contribution in [2.24, 2.45) is 40.4 Å². The number of Topliss-reactive ketones (excluding diaryl/α,β-unsaturated/α-hetero) is 1. The summed E-state index contributed by atoms with van der Waals surface area (Å²) in [5, 5.41) is 31.3. The van der Waals surface area contributed by atoms with E-state index < -0.39 is 22.9 Å². The van der Waals surface area contributed by atoms with Crippen LogP contribution in [0.15, 0.2) is 23.8 Å². The summed E-state index contributed by atoms with van der Waals surface area (Å²) in [6.07, 6.45) is 8.09. The quantitative estimate of drug-likeness (QED) is 0.494. The Hall–Kier alpha value is -1.30. The highest BCUT2D eigenvalue weighted by molar-refractivity contribution is 6.16. The predicted molar refractivity (Wildman–Crippen MR) is 129 cm³/mol. The standard InChI is InChI=1S/C28H44O5/c1-17(2)18(3)7-8-19(4)22-9-10-23(26(22,5)13-14-29)21-15-24(31)28(33)16-20(30)11-12-27(28,6)25(21)32/h7-8,15,17-20,22-23,29-30,33H,9-14,16H2,1-6H3. The van der Waals surface area contributed by atoms with Gasteiger partial charge in [0.05, 0.1) is 11.5 Å². The SMILES string of the molecule is CC(C)C(C)C=CC(C)C1CCC(C2=CC(=O)C3(O)CC(O)CCC3(C)C2=O)C1(C)CCO. The van der Waals surface area contributed by atoms with Crippen LogP contribution in [0.4, 0.5) is 0 Å². The first-order chi connectivity index (χ1) is 15.3. The minimum absolute atomic E-state index is 0.0329. The van der Waals surface area contributed by atoms with Crippen LogP contribution >= 0.6 is 0 Å². The zero-order valence-electron chi connectivity index (χ0n) is 21.3. The molecule has 3 rings (SSSR count). The molecule has 0 saturated heterocycles. The van der Waals surface area contributed by atoms with Crippen LogP contribution in [0.5, 0.6) is 0 Å². The lowest BCUT2D eigenvalue weighted by Gasteiger charge is -2.51. The summed E-state index contributed by atoms with van der Waals surface area (Å²) >= 11 is 0. The van der Waals surface area contributed by atoms with E-state index >= 15 is 0 Å². The summed E-state index contributed by atoms with van der Waals surface area (Å²) in [5.74, 6) is 0.898. The second-order valence-electron chi connectivity index (χ2n) is 11.9. The van der Waals surface area contributed by atoms with Crippen molar-refractivity contribution in [3.05, 3.63) is 23.8 Å². The van der Waals surface area contributed by atoms with Crippen molar-refractivity contribution in [3.8, 4) is 0 Å². The van der Waals surface area contributed by atoms with Gasteiger partial charge in [-0.1, -0.05) is 46.8 Å². The van der Waals surface area contributed by atoms with Gasteiger partial charge >= 0.3 is 0 Å². The van der Waals surface area contributed by atoms with Crippen molar-refractivity contribution < 1.29 is 24.9 Å². The third-order valence-corrected chi connectivity index (χ3v) is 9.72. The van der Waals surface area contributed by atoms with Crippen molar-refractivity contribution in [2.45, 2.75) is 91.8 Å². The van der Waals surface area contributed by atoms with Gasteiger partial charge in [-0.05, 0) is 80.1 Å². The Morgan fingerprint density at radius 1 is 1.09 bits per heavy atom. The highest BCUT2D eigenvalue weighted by Crippen LogP contribution is 2.59. The van der Waals surface area contributed by atoms with Crippen molar-refractivity contribution >= 4 is 11.6 Å². The number of rotatable bonds is 7. The number of hydrogen-bond acceptors (Lipinski definition) is 5. The molecule has 186 valence electrons. The van der Waals surface area contributed by atoms with Crippen LogP contribution in [-0.4, -0.2) is 45.2 Å². The molecule has 5 heteroatoms. The molecule has 8 unspecified atom stereocenters. The van der Waals surface area contributed by atoms with Crippen molar-refractivity contribution in [1.82, 2.24) is 0 Å². The number of hydrogen-bond donors (Lipinski definition) is 3. The van der Waals surface area contributed by atoms with Crippen molar-refractivity contribution in [2.75, 3.05) is 6.61 Å². The Labute approximate surface area is 199 Å². The molecule has 3 aliphatic rings. The molecule has 3 N–H and O–H groups in total. The van der Waals surface area contributed by atoms with E-state index in [1.807, 2.05) is 0 Å². The Morgan fingerprint density at radius 3 is 2.36 bits per heavy atom. The number of fused-ring (bicyclic) bond motifs is 1. The van der Waals surface area contributed by atoms with Gasteiger partial charge < -0.3 is 15.3 Å². The molecule has 0 spiro atoms. The first-order valence-corrected chi connectivity index (χ1v) is 12.8. The number of aliphatic hydroxyl groups excluding tert-OH is 2. The summed E-state index contributed by atoms with van der Waals surface area (Å²) in [7, 11) is 0. The minimum Gasteiger partial charge on any atom is -0.396 e. The van der Waals surface area contributed by atoms with E-state index in [4.69, 9.17) is 0 Å². The van der Waals surface area contributed by atoms with Crippen LogP contribution in [-0.2, 0) is 9.59 Å². The summed E-state index contributed by atoms with van der Waals surface area (Å²) in [5.41, 5.74) is -2.83. The summed E-state index contributed by atoms with van der Waals surface area (Å²) < 4.78 is 0. The van der Waals surface area contributed by atoms with Gasteiger partial charge in [-0.3, -0.25) is 9.59 Å². The van der Waals surface area contributed by atoms with Gasteiger partial charge in [0.1, 0.15) is 5.60 Å². The van der Waals surface area contributed by atoms with Gasteiger partial charge in [-0.2, -0.15) is 0 Å². The zero-order chi connectivity index (χ0) is 24.8. The highest BCUT2D eigenvalue weighted by atomic mass is 16.3. The van der Waals surface area contributed by atoms with Crippen LogP contribution in [0.1, 0.15) is 80.1 Å². The molecule has 0 aromatic rings. The Morgan fingerprint density at radius 2 is 1.76 bits per heavy atom. The fourth-order valence-electron chi connectivity index (χ4n) is 6.85. The topological polar surface area (TPSA) is 94.8 Å². The second-order valence-corrected chi connectivity index (χ2v) is 11.9. The lowest BCUT2D eigenvalue weighted by Crippen LogP contribution is -2.63. The zero-order valence-corrected chi connectivity index (χ0v) is 21.3. The smallest absolute Gasteiger partial charge is 0.188 e. The number of aliphatic hydroxyl groups is 3. The molecular weight excluding hydrogens is 416 g/mol. The van der Waals surface area contributed by atoms with Crippen molar-refractivity contribution in [1.29, 1.82) is 0 Å². The first-order valence-electron chi connectivity index (χ1n) is 12.8. The van der Waals surface area contributed by atoms with Crippen LogP contribution in [0.2, 0.25) is 0 Å². The van der Waals surface area contributed by atoms with E-state index in [9.17, 15) is 24.9 Å². The van der Waals surface area contributed by atoms with E-state index in [2.05, 4.69) is 46.8 Å². The van der Waals surface area contributed by atoms with E-state index in [0.29, 0.717) is 42.6 Å². The van der Waals surface area contributed by atoms with Crippen LogP contribution in [0, 0.1) is 40.4 Å². The maximum absolute atomic E-state index is 13.8.